The first-order valence-electron chi connectivity index (χ1n) is 11.1. The average Bonchev–Trinajstić information content (AvgIpc) is 2.64. The van der Waals surface area contributed by atoms with Crippen LogP contribution in [0, 0.1) is 11.8 Å². The number of hydrogen-bond acceptors (Lipinski definition) is 5. The number of rotatable bonds is 9. The Bertz CT molecular complexity index is 470. The molecule has 0 aromatic rings. The Morgan fingerprint density at radius 1 is 1.21 bits per heavy atom. The second-order valence-electron chi connectivity index (χ2n) is 9.12. The normalized spacial score (nSPS) is 24.1. The van der Waals surface area contributed by atoms with E-state index < -0.39 is 5.60 Å². The van der Waals surface area contributed by atoms with Crippen LogP contribution in [-0.4, -0.2) is 98.6 Å². The summed E-state index contributed by atoms with van der Waals surface area (Å²) in [7, 11) is 0. The molecule has 0 radical (unpaired) electrons. The fourth-order valence-electron chi connectivity index (χ4n) is 4.12. The van der Waals surface area contributed by atoms with E-state index in [2.05, 4.69) is 46.2 Å². The molecule has 0 saturated carbocycles. The first kappa shape index (κ1) is 26.9. The van der Waals surface area contributed by atoms with E-state index in [0.29, 0.717) is 19.0 Å². The zero-order valence-corrected chi connectivity index (χ0v) is 21.3. The van der Waals surface area contributed by atoms with Gasteiger partial charge in [-0.05, 0) is 45.1 Å². The van der Waals surface area contributed by atoms with Crippen LogP contribution in [0.25, 0.3) is 0 Å². The van der Waals surface area contributed by atoms with E-state index >= 15 is 0 Å². The van der Waals surface area contributed by atoms with Crippen molar-refractivity contribution in [1.82, 2.24) is 20.4 Å². The highest BCUT2D eigenvalue weighted by atomic mass is 127. The maximum Gasteiger partial charge on any atom is 0.191 e. The van der Waals surface area contributed by atoms with Crippen molar-refractivity contribution in [2.24, 2.45) is 16.8 Å². The Labute approximate surface area is 195 Å². The molecule has 29 heavy (non-hydrogen) atoms. The van der Waals surface area contributed by atoms with Crippen molar-refractivity contribution in [3.8, 4) is 0 Å². The van der Waals surface area contributed by atoms with Crippen molar-refractivity contribution in [2.45, 2.75) is 46.1 Å². The smallest absolute Gasteiger partial charge is 0.191 e. The molecule has 0 spiro atoms. The van der Waals surface area contributed by atoms with Crippen molar-refractivity contribution in [1.29, 1.82) is 0 Å². The van der Waals surface area contributed by atoms with Gasteiger partial charge in [0.2, 0.25) is 0 Å². The Morgan fingerprint density at radius 3 is 2.59 bits per heavy atom. The summed E-state index contributed by atoms with van der Waals surface area (Å²) in [5.74, 6) is 2.19. The Balaban J connectivity index is 0.00000420. The summed E-state index contributed by atoms with van der Waals surface area (Å²) in [6.45, 7) is 18.2. The molecule has 2 saturated heterocycles. The number of guanidine groups is 1. The molecule has 8 heteroatoms. The average molecular weight is 526 g/mol. The maximum absolute atomic E-state index is 10.8. The number of hydrogen-bond donors (Lipinski definition) is 3. The summed E-state index contributed by atoms with van der Waals surface area (Å²) in [6, 6.07) is 0. The Hall–Kier alpha value is -0.160. The van der Waals surface area contributed by atoms with Crippen LogP contribution in [0.2, 0.25) is 0 Å². The fourth-order valence-corrected chi connectivity index (χ4v) is 4.12. The van der Waals surface area contributed by atoms with Crippen LogP contribution < -0.4 is 10.6 Å². The lowest BCUT2D eigenvalue weighted by molar-refractivity contribution is -0.0180. The summed E-state index contributed by atoms with van der Waals surface area (Å²) < 4.78 is 5.39. The van der Waals surface area contributed by atoms with Gasteiger partial charge in [-0.15, -0.1) is 24.0 Å². The molecule has 2 unspecified atom stereocenters. The second kappa shape index (κ2) is 14.0. The summed E-state index contributed by atoms with van der Waals surface area (Å²) >= 11 is 0. The lowest BCUT2D eigenvalue weighted by Crippen LogP contribution is -2.48. The third-order valence-corrected chi connectivity index (χ3v) is 5.37. The van der Waals surface area contributed by atoms with Gasteiger partial charge in [-0.3, -0.25) is 9.89 Å². The highest BCUT2D eigenvalue weighted by Gasteiger charge is 2.25. The summed E-state index contributed by atoms with van der Waals surface area (Å²) in [6.07, 6.45) is 2.55. The fraction of sp³-hybridized carbons (Fsp3) is 0.952. The first-order valence-corrected chi connectivity index (χ1v) is 11.1. The van der Waals surface area contributed by atoms with Gasteiger partial charge in [0.25, 0.3) is 0 Å². The number of piperidine rings is 1. The van der Waals surface area contributed by atoms with Crippen LogP contribution in [0.1, 0.15) is 40.5 Å². The van der Waals surface area contributed by atoms with Crippen LogP contribution in [0.5, 0.6) is 0 Å². The van der Waals surface area contributed by atoms with E-state index in [1.165, 1.54) is 32.5 Å². The lowest BCUT2D eigenvalue weighted by atomic mass is 9.97. The zero-order chi connectivity index (χ0) is 20.4. The van der Waals surface area contributed by atoms with Crippen molar-refractivity contribution >= 4 is 29.9 Å². The second-order valence-corrected chi connectivity index (χ2v) is 9.12. The van der Waals surface area contributed by atoms with Gasteiger partial charge in [0.05, 0.1) is 25.4 Å². The molecule has 172 valence electrons. The third-order valence-electron chi connectivity index (χ3n) is 5.37. The van der Waals surface area contributed by atoms with Gasteiger partial charge in [-0.1, -0.05) is 13.8 Å². The number of likely N-dealkylation sites (tertiary alicyclic amines) is 1. The van der Waals surface area contributed by atoms with E-state index in [-0.39, 0.29) is 24.0 Å². The molecule has 0 amide bonds. The number of morpholine rings is 1. The topological polar surface area (TPSA) is 72.4 Å². The largest absolute Gasteiger partial charge is 0.387 e. The van der Waals surface area contributed by atoms with E-state index in [4.69, 9.17) is 4.74 Å². The minimum Gasteiger partial charge on any atom is -0.387 e. The number of halogens is 1. The van der Waals surface area contributed by atoms with Gasteiger partial charge < -0.3 is 25.4 Å². The minimum atomic E-state index is -0.835. The molecule has 0 aliphatic carbocycles. The van der Waals surface area contributed by atoms with Gasteiger partial charge in [0, 0.05) is 45.8 Å². The van der Waals surface area contributed by atoms with Crippen molar-refractivity contribution in [3.05, 3.63) is 0 Å². The summed E-state index contributed by atoms with van der Waals surface area (Å²) in [5.41, 5.74) is -0.835. The molecule has 2 heterocycles. The maximum atomic E-state index is 10.8. The summed E-state index contributed by atoms with van der Waals surface area (Å²) in [4.78, 5) is 9.52. The predicted molar refractivity (Wildman–Crippen MR) is 131 cm³/mol. The molecule has 2 atom stereocenters. The van der Waals surface area contributed by atoms with Gasteiger partial charge in [0.1, 0.15) is 0 Å². The van der Waals surface area contributed by atoms with E-state index in [9.17, 15) is 5.11 Å². The highest BCUT2D eigenvalue weighted by molar-refractivity contribution is 14.0. The van der Waals surface area contributed by atoms with Gasteiger partial charge in [-0.2, -0.15) is 0 Å². The number of aliphatic imine (C=N–C) groups is 1. The molecular formula is C21H44IN5O2. The predicted octanol–water partition coefficient (Wildman–Crippen LogP) is 1.61. The van der Waals surface area contributed by atoms with Crippen molar-refractivity contribution in [3.63, 3.8) is 0 Å². The number of β-amino-alcohol motifs (C(OH)–C–C–N with tert-alkyl or cyclic N) is 1. The van der Waals surface area contributed by atoms with E-state index in [0.717, 1.165) is 51.3 Å². The van der Waals surface area contributed by atoms with Crippen LogP contribution in [-0.2, 0) is 4.74 Å². The molecule has 2 fully saturated rings. The van der Waals surface area contributed by atoms with E-state index in [1.54, 1.807) is 0 Å². The van der Waals surface area contributed by atoms with Crippen LogP contribution in [0.4, 0.5) is 0 Å². The Morgan fingerprint density at radius 2 is 1.93 bits per heavy atom. The lowest BCUT2D eigenvalue weighted by Gasteiger charge is -2.34. The molecule has 2 rings (SSSR count). The molecule has 3 N–H and O–H groups in total. The molecule has 2 aliphatic heterocycles. The van der Waals surface area contributed by atoms with Crippen molar-refractivity contribution in [2.75, 3.05) is 72.1 Å². The minimum absolute atomic E-state index is 0. The SMILES string of the molecule is CCNC(=NCC(C)(O)CN1CCOCC1)NCC1CCCN(CC(C)C)C1.I. The van der Waals surface area contributed by atoms with Crippen LogP contribution >= 0.6 is 24.0 Å². The zero-order valence-electron chi connectivity index (χ0n) is 19.0. The number of nitrogens with one attached hydrogen (secondary N) is 2. The molecule has 0 bridgehead atoms. The molecule has 7 nitrogen and oxygen atoms in total. The molecule has 0 aromatic carbocycles. The van der Waals surface area contributed by atoms with Crippen molar-refractivity contribution < 1.29 is 9.84 Å². The monoisotopic (exact) mass is 525 g/mol. The highest BCUT2D eigenvalue weighted by Crippen LogP contribution is 2.17. The Kier molecular flexibility index (Phi) is 13.0. The number of nitrogens with zero attached hydrogens (tertiary/aromatic N) is 3. The van der Waals surface area contributed by atoms with Crippen LogP contribution in [0.3, 0.4) is 0 Å². The number of ether oxygens (including phenoxy) is 1. The standard InChI is InChI=1S/C21H43N5O2.HI/c1-5-22-20(23-13-19-7-6-8-26(15-19)14-18(2)3)24-16-21(4,27)17-25-9-11-28-12-10-25;/h18-19,27H,5-17H2,1-4H3,(H2,22,23,24);1H. The van der Waals surface area contributed by atoms with Gasteiger partial charge in [-0.25, -0.2) is 0 Å². The molecule has 2 aliphatic rings. The first-order chi connectivity index (χ1) is 13.4. The van der Waals surface area contributed by atoms with E-state index in [1.807, 2.05) is 6.92 Å². The van der Waals surface area contributed by atoms with Crippen LogP contribution in [0.15, 0.2) is 4.99 Å². The third kappa shape index (κ3) is 11.1. The quantitative estimate of drug-likeness (QED) is 0.242. The number of aliphatic hydroxyl groups is 1. The summed E-state index contributed by atoms with van der Waals surface area (Å²) in [5, 5.41) is 17.6. The van der Waals surface area contributed by atoms with Gasteiger partial charge in [0.15, 0.2) is 5.96 Å². The molecular weight excluding hydrogens is 481 g/mol. The van der Waals surface area contributed by atoms with Gasteiger partial charge >= 0.3 is 0 Å². The molecule has 0 aromatic heterocycles.